The van der Waals surface area contributed by atoms with Gasteiger partial charge in [0.25, 0.3) is 11.0 Å². The van der Waals surface area contributed by atoms with E-state index >= 15 is 0 Å². The first-order chi connectivity index (χ1) is 1.73. The van der Waals surface area contributed by atoms with Crippen LogP contribution < -0.4 is 0 Å². The molecule has 0 amide bonds. The quantitative estimate of drug-likeness (QED) is 0.311. The van der Waals surface area contributed by atoms with Crippen LogP contribution in [0.2, 0.25) is 0 Å². The number of halogens is 1. The van der Waals surface area contributed by atoms with E-state index in [0.717, 1.165) is 0 Å². The fourth-order valence-corrected chi connectivity index (χ4v) is 0. The lowest BCUT2D eigenvalue weighted by atomic mass is 15.9. The van der Waals surface area contributed by atoms with Gasteiger partial charge in [0.15, 0.2) is 0 Å². The third-order valence-electron chi connectivity index (χ3n) is 0. The van der Waals surface area contributed by atoms with Gasteiger partial charge < -0.3 is 0 Å². The Morgan fingerprint density at radius 3 is 1.40 bits per heavy atom. The second-order valence-corrected chi connectivity index (χ2v) is 0.714. The van der Waals surface area contributed by atoms with Crippen LogP contribution in [0.15, 0.2) is 0 Å². The van der Waals surface area contributed by atoms with E-state index in [0.29, 0.717) is 0 Å². The lowest BCUT2D eigenvalue weighted by Crippen LogP contribution is -1.58. The highest BCUT2D eigenvalue weighted by atomic mass is 32.2. The highest BCUT2D eigenvalue weighted by Gasteiger charge is 1.44. The molecule has 0 aliphatic rings. The molecule has 0 fully saturated rings. The predicted octanol–water partition coefficient (Wildman–Crippen LogP) is -0.777. The molecule has 5 heavy (non-hydrogen) atoms. The summed E-state index contributed by atoms with van der Waals surface area (Å²) in [6.07, 6.45) is 0. The Bertz CT molecular complexity index is 55.3. The maximum absolute atomic E-state index is 8.59. The summed E-state index contributed by atoms with van der Waals surface area (Å²) in [4.78, 5) is 0. The minimum absolute atomic E-state index is 0. The normalized spacial score (nSPS) is 6.80. The van der Waals surface area contributed by atoms with Gasteiger partial charge in [-0.05, 0) is 0 Å². The number of hydrogen-bond acceptors (Lipinski definition) is 2. The first-order valence-corrected chi connectivity index (χ1v) is 1.70. The van der Waals surface area contributed by atoms with Crippen molar-refractivity contribution in [1.82, 2.24) is 0 Å². The monoisotopic (exact) mass is 102 g/mol. The van der Waals surface area contributed by atoms with Crippen molar-refractivity contribution >= 4 is 11.0 Å². The molecule has 3 nitrogen and oxygen atoms in total. The van der Waals surface area contributed by atoms with Crippen LogP contribution in [0.4, 0.5) is 4.70 Å². The summed E-state index contributed by atoms with van der Waals surface area (Å²) in [6.45, 7) is 0. The van der Waals surface area contributed by atoms with E-state index in [4.69, 9.17) is 13.0 Å². The van der Waals surface area contributed by atoms with E-state index in [-0.39, 0.29) is 4.70 Å². The molecule has 0 radical (unpaired) electrons. The van der Waals surface area contributed by atoms with E-state index in [2.05, 4.69) is 0 Å². The second-order valence-electron chi connectivity index (χ2n) is 0.238. The second kappa shape index (κ2) is 3.84. The van der Waals surface area contributed by atoms with Crippen molar-refractivity contribution in [1.29, 1.82) is 0 Å². The minimum atomic E-state index is -3.12. The number of thiol groups is 1. The average Bonchev–Trinajstić information content (AvgIpc) is 0.811. The third-order valence-corrected chi connectivity index (χ3v) is 0. The van der Waals surface area contributed by atoms with Gasteiger partial charge in [-0.25, -0.2) is 8.42 Å². The van der Waals surface area contributed by atoms with Gasteiger partial charge >= 0.3 is 0 Å². The molecular formula is H3FO3S. The van der Waals surface area contributed by atoms with Crippen LogP contribution in [0.1, 0.15) is 0 Å². The molecular weight excluding hydrogens is 99.1 g/mol. The molecule has 0 atom stereocenters. The Labute approximate surface area is 29.8 Å². The van der Waals surface area contributed by atoms with Crippen LogP contribution in [0.5, 0.6) is 0 Å². The van der Waals surface area contributed by atoms with Crippen molar-refractivity contribution < 1.29 is 17.7 Å². The van der Waals surface area contributed by atoms with Crippen molar-refractivity contribution in [3.63, 3.8) is 0 Å². The molecule has 1 N–H and O–H groups in total. The van der Waals surface area contributed by atoms with Crippen molar-refractivity contribution in [2.24, 2.45) is 0 Å². The average molecular weight is 102 g/mol. The van der Waals surface area contributed by atoms with E-state index in [1.165, 1.54) is 0 Å². The van der Waals surface area contributed by atoms with E-state index < -0.39 is 11.0 Å². The topological polar surface area (TPSA) is 54.4 Å². The molecule has 0 saturated carbocycles. The molecule has 0 spiro atoms. The van der Waals surface area contributed by atoms with Gasteiger partial charge in [-0.1, -0.05) is 0 Å². The Balaban J connectivity index is 0. The van der Waals surface area contributed by atoms with Crippen molar-refractivity contribution in [3.8, 4) is 0 Å². The third kappa shape index (κ3) is 508. The SMILES string of the molecule is F.O=[SH](=O)O. The van der Waals surface area contributed by atoms with Crippen LogP contribution in [0.25, 0.3) is 0 Å². The largest absolute Gasteiger partial charge is 0.288 e. The molecule has 0 aromatic carbocycles. The van der Waals surface area contributed by atoms with Gasteiger partial charge in [0.05, 0.1) is 0 Å². The summed E-state index contributed by atoms with van der Waals surface area (Å²) in [7, 11) is -3.12. The van der Waals surface area contributed by atoms with Gasteiger partial charge in [-0.3, -0.25) is 9.26 Å². The minimum Gasteiger partial charge on any atom is -0.288 e. The van der Waals surface area contributed by atoms with Gasteiger partial charge in [0.2, 0.25) is 0 Å². The van der Waals surface area contributed by atoms with Crippen LogP contribution in [0, 0.1) is 0 Å². The molecule has 0 aliphatic heterocycles. The van der Waals surface area contributed by atoms with E-state index in [9.17, 15) is 0 Å². The van der Waals surface area contributed by atoms with Gasteiger partial charge in [-0.2, -0.15) is 0 Å². The summed E-state index contributed by atoms with van der Waals surface area (Å²) >= 11 is 0. The summed E-state index contributed by atoms with van der Waals surface area (Å²) in [5.74, 6) is 0. The van der Waals surface area contributed by atoms with E-state index in [1.807, 2.05) is 0 Å². The maximum Gasteiger partial charge on any atom is 0.254 e. The molecule has 34 valence electrons. The smallest absolute Gasteiger partial charge is 0.254 e. The van der Waals surface area contributed by atoms with Crippen LogP contribution in [-0.2, 0) is 11.0 Å². The molecule has 0 heterocycles. The zero-order valence-electron chi connectivity index (χ0n) is 2.12. The molecule has 0 unspecified atom stereocenters. The first kappa shape index (κ1) is 8.85. The summed E-state index contributed by atoms with van der Waals surface area (Å²) in [5, 5.41) is 0. The predicted molar refractivity (Wildman–Crippen MR) is 15.4 cm³/mol. The Morgan fingerprint density at radius 1 is 1.40 bits per heavy atom. The molecule has 0 aromatic heterocycles. The van der Waals surface area contributed by atoms with Gasteiger partial charge in [-0.15, -0.1) is 0 Å². The Hall–Kier alpha value is -0.160. The van der Waals surface area contributed by atoms with Crippen LogP contribution in [0.3, 0.4) is 0 Å². The summed E-state index contributed by atoms with van der Waals surface area (Å²) < 4.78 is 24.2. The first-order valence-electron chi connectivity index (χ1n) is 0.565. The van der Waals surface area contributed by atoms with Crippen molar-refractivity contribution in [2.45, 2.75) is 0 Å². The Kier molecular flexibility index (Phi) is 6.80. The van der Waals surface area contributed by atoms with Gasteiger partial charge in [0, 0.05) is 0 Å². The lowest BCUT2D eigenvalue weighted by Gasteiger charge is -1.43. The zero-order valence-corrected chi connectivity index (χ0v) is 3.01. The van der Waals surface area contributed by atoms with Crippen molar-refractivity contribution in [2.75, 3.05) is 0 Å². The standard InChI is InChI=1S/FH.H2O3S/c;1-4(2)3/h1H;4H,(H,1,2,3). The highest BCUT2D eigenvalue weighted by molar-refractivity contribution is 7.66. The number of rotatable bonds is 0. The highest BCUT2D eigenvalue weighted by Crippen LogP contribution is 1.27. The van der Waals surface area contributed by atoms with E-state index in [1.54, 1.807) is 0 Å². The molecule has 0 bridgehead atoms. The molecule has 5 heteroatoms. The Morgan fingerprint density at radius 2 is 1.40 bits per heavy atom. The summed E-state index contributed by atoms with van der Waals surface area (Å²) in [6, 6.07) is 0. The molecule has 0 saturated heterocycles. The fraction of sp³-hybridized carbons (Fsp3) is 0. The molecule has 0 rings (SSSR count). The summed E-state index contributed by atoms with van der Waals surface area (Å²) in [5.41, 5.74) is 0. The zero-order chi connectivity index (χ0) is 3.58. The fourth-order valence-electron chi connectivity index (χ4n) is 0. The number of hydrogen-bond donors (Lipinski definition) is 2. The maximum atomic E-state index is 8.59. The molecule has 0 aromatic rings. The molecule has 0 aliphatic carbocycles. The van der Waals surface area contributed by atoms with Gasteiger partial charge in [0.1, 0.15) is 0 Å². The van der Waals surface area contributed by atoms with Crippen LogP contribution >= 0.6 is 0 Å². The van der Waals surface area contributed by atoms with Crippen molar-refractivity contribution in [3.05, 3.63) is 0 Å². The lowest BCUT2D eigenvalue weighted by molar-refractivity contribution is 0.509. The van der Waals surface area contributed by atoms with Crippen LogP contribution in [-0.4, -0.2) is 13.0 Å².